The number of benzene rings is 2. The molecular weight excluding hydrogens is 857 g/mol. The van der Waals surface area contributed by atoms with E-state index in [2.05, 4.69) is 0 Å². The van der Waals surface area contributed by atoms with E-state index in [1.807, 2.05) is 0 Å². The quantitative estimate of drug-likeness (QED) is 0.0690. The average molecular weight is 887 g/mol. The zero-order valence-electron chi connectivity index (χ0n) is 28.5. The highest BCUT2D eigenvalue weighted by atomic mass is 32.3. The lowest BCUT2D eigenvalue weighted by atomic mass is 9.45. The van der Waals surface area contributed by atoms with Gasteiger partial charge < -0.3 is 9.47 Å². The molecule has 4 saturated carbocycles. The van der Waals surface area contributed by atoms with E-state index in [4.69, 9.17) is 9.47 Å². The van der Waals surface area contributed by atoms with Crippen LogP contribution in [0.1, 0.15) is 46.0 Å². The van der Waals surface area contributed by atoms with E-state index in [0.29, 0.717) is 24.2 Å². The lowest BCUT2D eigenvalue weighted by molar-refractivity contribution is -0.352. The van der Waals surface area contributed by atoms with E-state index < -0.39 is 81.7 Å². The molecule has 7 nitrogen and oxygen atoms in total. The van der Waals surface area contributed by atoms with E-state index >= 15 is 17.6 Å². The van der Waals surface area contributed by atoms with Crippen LogP contribution in [0.3, 0.4) is 0 Å². The second-order valence-corrected chi connectivity index (χ2v) is 19.0. The summed E-state index contributed by atoms with van der Waals surface area (Å²) in [5.41, 5.74) is -1.48. The molecule has 0 saturated heterocycles. The number of hydrogen-bond acceptors (Lipinski definition) is 7. The summed E-state index contributed by atoms with van der Waals surface area (Å²) >= 11 is 1.02. The Morgan fingerprint density at radius 2 is 1.16 bits per heavy atom. The molecule has 314 valence electrons. The first-order valence-corrected chi connectivity index (χ1v) is 20.0. The number of hydrogen-bond donors (Lipinski definition) is 0. The Hall–Kier alpha value is -3.02. The van der Waals surface area contributed by atoms with Crippen LogP contribution in [-0.4, -0.2) is 67.1 Å². The third-order valence-corrected chi connectivity index (χ3v) is 15.9. The minimum atomic E-state index is -8.68. The first-order chi connectivity index (χ1) is 25.4. The van der Waals surface area contributed by atoms with Crippen molar-refractivity contribution >= 4 is 37.7 Å². The molecule has 0 aromatic heterocycles. The first kappa shape index (κ1) is 44.1. The van der Waals surface area contributed by atoms with Crippen molar-refractivity contribution in [1.82, 2.24) is 0 Å². The molecule has 6 rings (SSSR count). The summed E-state index contributed by atoms with van der Waals surface area (Å²) in [6.45, 7) is 1.42. The van der Waals surface area contributed by atoms with Gasteiger partial charge in [0, 0.05) is 13.7 Å². The molecule has 0 aliphatic heterocycles. The van der Waals surface area contributed by atoms with Gasteiger partial charge >= 0.3 is 60.7 Å². The molecule has 0 radical (unpaired) electrons. The Labute approximate surface area is 314 Å². The fourth-order valence-electron chi connectivity index (χ4n) is 7.91. The molecule has 4 unspecified atom stereocenters. The van der Waals surface area contributed by atoms with Gasteiger partial charge in [0.05, 0.1) is 11.8 Å². The minimum Gasteiger partial charge on any atom is -0.453 e. The molecular formula is C32H30F14NO6S3+. The number of nitrogens with zero attached hydrogens (tertiary/aromatic N) is 1. The van der Waals surface area contributed by atoms with Crippen molar-refractivity contribution in [3.63, 3.8) is 0 Å². The van der Waals surface area contributed by atoms with Gasteiger partial charge in [-0.05, 0) is 80.0 Å². The van der Waals surface area contributed by atoms with Crippen LogP contribution in [0.2, 0.25) is 0 Å². The summed E-state index contributed by atoms with van der Waals surface area (Å²) in [7, 11) is -17.4. The van der Waals surface area contributed by atoms with Gasteiger partial charge in [0.2, 0.25) is 0 Å². The third-order valence-electron chi connectivity index (χ3n) is 10.5. The SMILES string of the molecule is CC(OC(Oc1ccccc1Sc1ccccc1)C12CC3CC(CC(C3)C1C)C2)=[N+](S(=O)(=O)C(F)(F)C(F)(F)C(F)(F)F)S(=O)(=O)C(F)(F)C(F)(F)C(F)(F)F. The highest BCUT2D eigenvalue weighted by Gasteiger charge is 2.88. The van der Waals surface area contributed by atoms with Crippen LogP contribution in [0, 0.1) is 29.1 Å². The minimum absolute atomic E-state index is 0.0528. The molecule has 4 bridgehead atoms. The van der Waals surface area contributed by atoms with Gasteiger partial charge in [0.15, 0.2) is 0 Å². The van der Waals surface area contributed by atoms with Crippen LogP contribution in [0.15, 0.2) is 64.4 Å². The standard InChI is InChI=1S/C32H30F14NO6S3/c1-17-21-13-19-12-20(14-21)16-26(17,15-19)25(53-23-10-6-7-11-24(23)54-22-8-4-3-5-9-22)52-18(2)47(55(48,49)31(43,44)27(33,34)29(37,38)39)56(50,51)32(45,46)28(35,36)30(40,41)42/h3-11,17,19-21,25H,12-16H2,1-2H3/q+1. The van der Waals surface area contributed by atoms with Crippen LogP contribution in [0.25, 0.3) is 0 Å². The van der Waals surface area contributed by atoms with E-state index in [1.165, 1.54) is 24.3 Å². The number of rotatable bonds is 12. The van der Waals surface area contributed by atoms with Gasteiger partial charge in [0.1, 0.15) is 5.75 Å². The fourth-order valence-corrected chi connectivity index (χ4v) is 12.5. The lowest BCUT2D eigenvalue weighted by Gasteiger charge is -2.61. The smallest absolute Gasteiger partial charge is 0.453 e. The van der Waals surface area contributed by atoms with Crippen molar-refractivity contribution in [2.75, 3.05) is 0 Å². The van der Waals surface area contributed by atoms with Crippen LogP contribution >= 0.6 is 11.8 Å². The van der Waals surface area contributed by atoms with Gasteiger partial charge in [-0.2, -0.15) is 78.3 Å². The summed E-state index contributed by atoms with van der Waals surface area (Å²) in [6.07, 6.45) is -15.5. The first-order valence-electron chi connectivity index (χ1n) is 16.3. The molecule has 0 heterocycles. The number of sulfonamides is 2. The number of alkyl halides is 14. The summed E-state index contributed by atoms with van der Waals surface area (Å²) in [6, 6.07) is 13.8. The molecule has 24 heteroatoms. The molecule has 4 aliphatic carbocycles. The Bertz CT molecular complexity index is 1970. The molecule has 56 heavy (non-hydrogen) atoms. The highest BCUT2D eigenvalue weighted by molar-refractivity contribution is 7.99. The third kappa shape index (κ3) is 6.89. The molecule has 0 N–H and O–H groups in total. The predicted molar refractivity (Wildman–Crippen MR) is 168 cm³/mol. The van der Waals surface area contributed by atoms with Crippen LogP contribution in [0.5, 0.6) is 5.75 Å². The molecule has 4 atom stereocenters. The largest absolute Gasteiger partial charge is 0.478 e. The molecule has 0 spiro atoms. The molecule has 2 aromatic carbocycles. The lowest BCUT2D eigenvalue weighted by Crippen LogP contribution is -2.64. The summed E-state index contributed by atoms with van der Waals surface area (Å²) in [5.74, 6) is -19.6. The second kappa shape index (κ2) is 14.1. The van der Waals surface area contributed by atoms with E-state index in [1.54, 1.807) is 37.3 Å². The topological polar surface area (TPSA) is 89.8 Å². The van der Waals surface area contributed by atoms with Gasteiger partial charge in [-0.15, -0.1) is 0 Å². The normalized spacial score (nSPS) is 25.5. The zero-order chi connectivity index (χ0) is 42.3. The monoisotopic (exact) mass is 886 g/mol. The summed E-state index contributed by atoms with van der Waals surface area (Å²) < 4.78 is 257. The van der Waals surface area contributed by atoms with Crippen LogP contribution in [-0.2, 0) is 24.8 Å². The van der Waals surface area contributed by atoms with Gasteiger partial charge in [-0.1, -0.05) is 49.0 Å². The summed E-state index contributed by atoms with van der Waals surface area (Å²) in [5, 5.41) is -15.7. The molecule has 4 fully saturated rings. The summed E-state index contributed by atoms with van der Waals surface area (Å²) in [4.78, 5) is 0.781. The van der Waals surface area contributed by atoms with Gasteiger partial charge in [-0.25, -0.2) is 0 Å². The van der Waals surface area contributed by atoms with Crippen molar-refractivity contribution < 1.29 is 91.2 Å². The van der Waals surface area contributed by atoms with E-state index in [-0.39, 0.29) is 48.2 Å². The number of halogens is 14. The van der Waals surface area contributed by atoms with Gasteiger partial charge in [0.25, 0.3) is 6.29 Å². The predicted octanol–water partition coefficient (Wildman–Crippen LogP) is 9.69. The van der Waals surface area contributed by atoms with E-state index in [0.717, 1.165) is 11.8 Å². The molecule has 0 amide bonds. The highest BCUT2D eigenvalue weighted by Crippen LogP contribution is 2.65. The maximum absolute atomic E-state index is 15.0. The maximum atomic E-state index is 15.0. The maximum Gasteiger partial charge on any atom is 0.478 e. The van der Waals surface area contributed by atoms with Crippen LogP contribution in [0.4, 0.5) is 61.5 Å². The van der Waals surface area contributed by atoms with Crippen molar-refractivity contribution in [3.05, 3.63) is 54.6 Å². The number of ether oxygens (including phenoxy) is 2. The second-order valence-electron chi connectivity index (χ2n) is 14.0. The Morgan fingerprint density at radius 1 is 0.714 bits per heavy atom. The zero-order valence-corrected chi connectivity index (χ0v) is 31.0. The van der Waals surface area contributed by atoms with Crippen molar-refractivity contribution in [1.29, 1.82) is 0 Å². The van der Waals surface area contributed by atoms with Gasteiger partial charge in [-0.3, -0.25) is 0 Å². The van der Waals surface area contributed by atoms with Crippen LogP contribution < -0.4 is 4.74 Å². The van der Waals surface area contributed by atoms with Crippen molar-refractivity contribution in [2.45, 2.75) is 96.7 Å². The molecule has 4 aliphatic rings. The molecule has 2 aromatic rings. The fraction of sp³-hybridized carbons (Fsp3) is 0.594. The average Bonchev–Trinajstić information content (AvgIpc) is 3.06. The van der Waals surface area contributed by atoms with Crippen molar-refractivity contribution in [2.24, 2.45) is 29.1 Å². The Kier molecular flexibility index (Phi) is 11.1. The Morgan fingerprint density at radius 3 is 1.62 bits per heavy atom. The number of para-hydroxylation sites is 1. The Balaban J connectivity index is 1.77. The van der Waals surface area contributed by atoms with E-state index in [9.17, 15) is 60.7 Å². The van der Waals surface area contributed by atoms with Crippen molar-refractivity contribution in [3.8, 4) is 5.75 Å².